The normalized spacial score (nSPS) is 22.2. The van der Waals surface area contributed by atoms with E-state index in [2.05, 4.69) is 89.3 Å². The molecule has 2 saturated heterocycles. The van der Waals surface area contributed by atoms with Gasteiger partial charge in [-0.2, -0.15) is 0 Å². The Kier molecular flexibility index (Phi) is 31.6. The molecule has 10 aromatic rings. The minimum atomic E-state index is -2.34. The van der Waals surface area contributed by atoms with Gasteiger partial charge < -0.3 is 128 Å². The third-order valence-electron chi connectivity index (χ3n) is 26.0. The number of aromatic hydroxyl groups is 5. The Hall–Kier alpha value is -13.7. The number of unbranched alkanes of at least 4 members (excludes halogenated alkanes) is 1. The lowest BCUT2D eigenvalue weighted by Crippen LogP contribution is -2.66. The smallest absolute Gasteiger partial charge is 0.252 e. The Morgan fingerprint density at radius 3 is 1.79 bits per heavy atom. The van der Waals surface area contributed by atoms with Crippen molar-refractivity contribution in [2.24, 2.45) is 0 Å². The predicted molar refractivity (Wildman–Crippen MR) is 522 cm³/mol. The van der Waals surface area contributed by atoms with Gasteiger partial charge in [0.25, 0.3) is 5.91 Å². The maximum Gasteiger partial charge on any atom is 0.252 e. The van der Waals surface area contributed by atoms with Crippen LogP contribution in [0.25, 0.3) is 22.3 Å². The molecule has 8 aliphatic rings. The van der Waals surface area contributed by atoms with Gasteiger partial charge in [-0.05, 0) is 208 Å². The Morgan fingerprint density at radius 1 is 0.511 bits per heavy atom. The van der Waals surface area contributed by atoms with E-state index in [1.165, 1.54) is 85.9 Å². The number of rotatable bonds is 24. The topological polar surface area (TPSA) is 478 Å². The first-order valence-electron chi connectivity index (χ1n) is 46.8. The fraction of sp³-hybridized carbons (Fsp3) is 0.346. The summed E-state index contributed by atoms with van der Waals surface area (Å²) < 4.78 is 34.0. The fourth-order valence-corrected chi connectivity index (χ4v) is 18.7. The number of piperazine rings is 1. The Balaban J connectivity index is 0.878. The van der Waals surface area contributed by atoms with Crippen molar-refractivity contribution < 1.29 is 103 Å². The number of aryl methyl sites for hydroxylation is 1. The molecule has 740 valence electrons. The van der Waals surface area contributed by atoms with E-state index in [1.807, 2.05) is 97.5 Å². The molecule has 35 nitrogen and oxygen atoms in total. The number of carbonyl (C=O) groups excluding carboxylic acids is 8. The number of aliphatic hydroxyl groups is 3. The van der Waals surface area contributed by atoms with Crippen molar-refractivity contribution in [2.45, 2.75) is 144 Å². The van der Waals surface area contributed by atoms with E-state index in [0.29, 0.717) is 69.8 Å². The second-order valence-corrected chi connectivity index (χ2v) is 37.4. The summed E-state index contributed by atoms with van der Waals surface area (Å²) in [6.07, 6.45) is -6.63. The molecule has 0 radical (unpaired) electrons. The summed E-state index contributed by atoms with van der Waals surface area (Å²) >= 11 is 14.6. The number of ether oxygens (including phenoxy) is 5. The van der Waals surface area contributed by atoms with Crippen molar-refractivity contribution in [1.29, 1.82) is 0 Å². The summed E-state index contributed by atoms with van der Waals surface area (Å²) in [4.78, 5) is 135. The Bertz CT molecular complexity index is 6300. The molecule has 8 aliphatic heterocycles. The number of phenols is 5. The number of nitrogens with one attached hydrogen (secondary N) is 10. The van der Waals surface area contributed by atoms with Crippen molar-refractivity contribution in [1.82, 2.24) is 72.8 Å². The van der Waals surface area contributed by atoms with Crippen LogP contribution >= 0.6 is 23.2 Å². The molecule has 18 N–H and O–H groups in total. The lowest BCUT2D eigenvalue weighted by Gasteiger charge is -2.42. The maximum atomic E-state index is 17.1. The van der Waals surface area contributed by atoms with Crippen LogP contribution < -0.4 is 72.1 Å². The first kappa shape index (κ1) is 100. The van der Waals surface area contributed by atoms with Gasteiger partial charge in [0.2, 0.25) is 53.4 Å². The largest absolute Gasteiger partial charge is 0.507 e. The average molecular weight is 1970 g/mol. The summed E-state index contributed by atoms with van der Waals surface area (Å²) in [5, 5.41) is 127. The summed E-state index contributed by atoms with van der Waals surface area (Å²) in [5.74, 6) is -14.4. The van der Waals surface area contributed by atoms with Gasteiger partial charge in [-0.15, -0.1) is 0 Å². The zero-order valence-corrected chi connectivity index (χ0v) is 79.9. The van der Waals surface area contributed by atoms with Crippen LogP contribution in [0, 0.1) is 0 Å². The molecule has 0 aromatic heterocycles. The number of halogens is 2. The molecule has 0 spiro atoms. The molecular weight excluding hydrogens is 1850 g/mol. The lowest BCUT2D eigenvalue weighted by molar-refractivity contribution is -0.235. The zero-order chi connectivity index (χ0) is 99.7. The van der Waals surface area contributed by atoms with Gasteiger partial charge in [-0.3, -0.25) is 48.2 Å². The Morgan fingerprint density at radius 2 is 1.11 bits per heavy atom. The van der Waals surface area contributed by atoms with Crippen LogP contribution in [0.3, 0.4) is 0 Å². The van der Waals surface area contributed by atoms with E-state index < -0.39 is 183 Å². The van der Waals surface area contributed by atoms with Gasteiger partial charge in [0.15, 0.2) is 29.1 Å². The Labute approximate surface area is 823 Å². The van der Waals surface area contributed by atoms with Gasteiger partial charge in [0, 0.05) is 88.1 Å². The number of amides is 8. The van der Waals surface area contributed by atoms with Gasteiger partial charge >= 0.3 is 0 Å². The van der Waals surface area contributed by atoms with Crippen molar-refractivity contribution in [3.05, 3.63) is 259 Å². The second-order valence-electron chi connectivity index (χ2n) is 36.6. The highest BCUT2D eigenvalue weighted by atomic mass is 35.5. The number of nitrogens with zero attached hydrogens (tertiary/aromatic N) is 4. The van der Waals surface area contributed by atoms with E-state index in [0.717, 1.165) is 59.7 Å². The van der Waals surface area contributed by atoms with Crippen LogP contribution in [0.4, 0.5) is 0 Å². The van der Waals surface area contributed by atoms with E-state index in [1.54, 1.807) is 12.1 Å². The molecule has 13 atom stereocenters. The first-order chi connectivity index (χ1) is 67.8. The highest BCUT2D eigenvalue weighted by Gasteiger charge is 2.50. The van der Waals surface area contributed by atoms with Gasteiger partial charge in [-0.1, -0.05) is 146 Å². The number of aliphatic hydroxyl groups excluding tert-OH is 3. The van der Waals surface area contributed by atoms with Crippen LogP contribution in [0.2, 0.25) is 10.0 Å². The molecule has 2 fully saturated rings. The van der Waals surface area contributed by atoms with Crippen molar-refractivity contribution in [3.8, 4) is 91.2 Å². The number of benzene rings is 10. The van der Waals surface area contributed by atoms with E-state index in [-0.39, 0.29) is 105 Å². The zero-order valence-electron chi connectivity index (χ0n) is 78.4. The molecule has 0 aliphatic carbocycles. The highest BCUT2D eigenvalue weighted by molar-refractivity contribution is 6.33. The third kappa shape index (κ3) is 23.2. The van der Waals surface area contributed by atoms with Crippen LogP contribution in [0.5, 0.6) is 69.0 Å². The van der Waals surface area contributed by atoms with E-state index in [9.17, 15) is 50.4 Å². The molecule has 10 aromatic carbocycles. The minimum Gasteiger partial charge on any atom is -0.507 e. The van der Waals surface area contributed by atoms with Crippen LogP contribution in [0.1, 0.15) is 130 Å². The molecule has 8 heterocycles. The average Bonchev–Trinajstić information content (AvgIpc) is 0.751. The quantitative estimate of drug-likeness (QED) is 0.0251. The van der Waals surface area contributed by atoms with Crippen molar-refractivity contribution >= 4 is 70.5 Å². The molecule has 0 unspecified atom stereocenters. The van der Waals surface area contributed by atoms with Crippen LogP contribution in [-0.2, 0) is 75.6 Å². The molecule has 0 saturated carbocycles. The number of hydrogen-bond acceptors (Lipinski definition) is 27. The van der Waals surface area contributed by atoms with Crippen molar-refractivity contribution in [3.63, 3.8) is 0 Å². The minimum absolute atomic E-state index is 0.00273. The standard InChI is InChI=1S/C104H114Cl2N14O21/c1-7-8-14-55-17-19-57(20-18-55)52-110-89-92(127)93(128)95(103(136)109-36-13-38-118(5)6)141-104(89)140-94-79-47-64-48-80(94)139-77-34-29-63(45-71(77)105)90(125)88-102(135)115-86(97(130)108-35-12-37-117(3)4)68-51-75(123)70(54-120-41-39-119(40-42-120)53-58-21-25-60(26-22-58)59-15-10-9-11-16-59)91(126)81(68)67-44-61(27-32-73(67)121)84(99(132)116-88)112-100(133)85(64)113-101(134)87-69-49-66(50-76(124)82(69)106)138-78-46-62(28-33-74(78)122)83(107-2)98(131)111-72(96(129)114-87)43-56-23-30-65(137-79)31-24-56/h9-11,15-34,44-51,72,83-90,92-93,95,104,107,110,121-128H,7-8,12-14,35-43,52-54H2,1-6H3,(H,108,130)(H,109,136)(H,111,131)(H,112,133)(H,113,134)(H,114,129)(H,115,135)(H,116,132)/t72-,83+,84-,85-,86+,87+,88+,89-,90-,92-,93+,95+,104-/m1/s1. The van der Waals surface area contributed by atoms with Crippen LogP contribution in [0.15, 0.2) is 188 Å². The number of carbonyl (C=O) groups is 8. The molecule has 8 amide bonds. The van der Waals surface area contributed by atoms with Crippen LogP contribution in [-0.4, -0.2) is 238 Å². The maximum absolute atomic E-state index is 17.1. The summed E-state index contributed by atoms with van der Waals surface area (Å²) in [6, 6.07) is 33.7. The molecular formula is C104H114Cl2N14O21. The predicted octanol–water partition coefficient (Wildman–Crippen LogP) is 8.90. The summed E-state index contributed by atoms with van der Waals surface area (Å²) in [7, 11) is 8.83. The summed E-state index contributed by atoms with van der Waals surface area (Å²) in [6.45, 7) is 5.61. The molecule has 37 heteroatoms. The number of hydrogen-bond donors (Lipinski definition) is 18. The van der Waals surface area contributed by atoms with Gasteiger partial charge in [-0.25, -0.2) is 0 Å². The first-order valence-corrected chi connectivity index (χ1v) is 47.6. The van der Waals surface area contributed by atoms with Crippen molar-refractivity contribution in [2.75, 3.05) is 87.6 Å². The van der Waals surface area contributed by atoms with Gasteiger partial charge in [0.1, 0.15) is 101 Å². The second kappa shape index (κ2) is 44.4. The third-order valence-corrected chi connectivity index (χ3v) is 26.7. The molecule has 141 heavy (non-hydrogen) atoms. The van der Waals surface area contributed by atoms with E-state index >= 15 is 28.8 Å². The molecule has 17 bridgehead atoms. The molecule has 18 rings (SSSR count). The SMILES string of the molecule is CCCCc1ccc(CN[C@H]2[C@H](Oc3c4cc5cc3Oc3ccc(cc3Cl)[C@@H](O)[C@@H]3NC(=O)[C@H](NC(=O)[C@@H]5NC(=O)[C@H]5NC(=O)[C@@H](Cc6ccc(cc6)O4)NC(=O)[C@@H](NC)c4ccc(O)c(c4)Oc4cc(O)c(Cl)c5c4)c4ccc(O)c(c4)-c4c(cc(O)c(CN5CCN(Cc6ccc(-c7ccccc7)cc6)CC5)c4O)[C@@H](C(=O)NCCCN(C)C)NC3=O)O[C@H](C(=O)NCCCN(C)C)[C@@H](O)[C@@H]2O)cc1. The number of likely N-dealkylation sites (N-methyl/N-ethyl adjacent to an activating group) is 1. The van der Waals surface area contributed by atoms with Gasteiger partial charge in [0.05, 0.1) is 21.7 Å². The summed E-state index contributed by atoms with van der Waals surface area (Å²) in [5.41, 5.74) is 3.20. The fourth-order valence-electron chi connectivity index (χ4n) is 18.2. The number of fused-ring (bicyclic) bond motifs is 14. The lowest BCUT2D eigenvalue weighted by atomic mass is 9.87. The monoisotopic (exact) mass is 1960 g/mol. The number of phenolic OH excluding ortho intramolecular Hbond substituents is 5. The highest BCUT2D eigenvalue weighted by Crippen LogP contribution is 2.51. The van der Waals surface area contributed by atoms with E-state index in [4.69, 9.17) is 46.9 Å².